The number of carbonyl (C=O) groups excluding carboxylic acids is 3. The summed E-state index contributed by atoms with van der Waals surface area (Å²) in [5.74, 6) is -1.83. The Morgan fingerprint density at radius 3 is 0.745 bits per heavy atom. The van der Waals surface area contributed by atoms with Gasteiger partial charge in [-0.3, -0.25) is 0 Å². The van der Waals surface area contributed by atoms with Crippen LogP contribution in [0.4, 0.5) is 17.1 Å². The van der Waals surface area contributed by atoms with Crippen molar-refractivity contribution in [2.75, 3.05) is 35.8 Å². The second-order valence-corrected chi connectivity index (χ2v) is 17.8. The maximum atomic E-state index is 10.7. The number of aliphatic hydroxyl groups excluding tert-OH is 3. The summed E-state index contributed by atoms with van der Waals surface area (Å²) < 4.78 is 94.8. The molecule has 3 aromatic rings. The van der Waals surface area contributed by atoms with E-state index in [1.54, 1.807) is 0 Å². The number of carbonyl (C=O) groups is 3. The zero-order valence-electron chi connectivity index (χ0n) is 23.5. The Bertz CT molecular complexity index is 1390. The first-order chi connectivity index (χ1) is 20.8. The van der Waals surface area contributed by atoms with Gasteiger partial charge in [-0.25, -0.2) is 0 Å². The van der Waals surface area contributed by atoms with Gasteiger partial charge in [0.05, 0.1) is 0 Å². The Morgan fingerprint density at radius 1 is 0.447 bits per heavy atom. The molecule has 0 aliphatic rings. The molecule has 0 unspecified atom stereocenters. The van der Waals surface area contributed by atoms with E-state index in [-0.39, 0.29) is 65.5 Å². The summed E-state index contributed by atoms with van der Waals surface area (Å²) in [6, 6.07) is 14.4. The number of amides is 3. The summed E-state index contributed by atoms with van der Waals surface area (Å²) in [7, 11) is 0. The first-order valence-electron chi connectivity index (χ1n) is 11.9. The maximum Gasteiger partial charge on any atom is 3.00 e. The molecule has 0 bridgehead atoms. The second kappa shape index (κ2) is 22.3. The molecule has 3 aromatic carbocycles. The molecule has 23 heteroatoms. The van der Waals surface area contributed by atoms with Gasteiger partial charge in [-0.2, -0.15) is 0 Å². The van der Waals surface area contributed by atoms with Crippen molar-refractivity contribution in [3.05, 3.63) is 72.8 Å². The molecule has 6 N–H and O–H groups in total. The SMILES string of the molecule is O=C(CO)Nc1ccc([As](=O)([O-])[O-])cc1.O=C(CO)Nc1ccc([As](=O)([O-])[O-])cc1.O=C(CO)Nc1ccc([As](=O)([O-])[O-])cc1.[Bi+3].[Bi+3]. The van der Waals surface area contributed by atoms with Crippen LogP contribution in [0.2, 0.25) is 0 Å². The number of anilines is 3. The summed E-state index contributed by atoms with van der Waals surface area (Å²) in [5, 5.41) is 32.2. The third kappa shape index (κ3) is 19.4. The molecule has 3 amide bonds. The van der Waals surface area contributed by atoms with Crippen molar-refractivity contribution < 1.29 is 65.5 Å². The number of hydrogen-bond donors (Lipinski definition) is 6. The van der Waals surface area contributed by atoms with E-state index in [4.69, 9.17) is 15.3 Å². The normalized spacial score (nSPS) is 10.7. The van der Waals surface area contributed by atoms with E-state index in [1.165, 1.54) is 36.4 Å². The van der Waals surface area contributed by atoms with E-state index >= 15 is 0 Å². The molecule has 18 nitrogen and oxygen atoms in total. The standard InChI is InChI=1S/3C8H10AsNO5.2Bi/c3*11-5-8(12)10-7-3-1-6(2-4-7)9(13,14)15;;/h3*1-4,11H,5H2,(H,10,12)(H2,13,14,15);;/q;;;2*+3/p-6. The number of hydrogen-bond acceptors (Lipinski definition) is 15. The molecule has 0 heterocycles. The van der Waals surface area contributed by atoms with Crippen LogP contribution in [-0.4, -0.2) is 148 Å². The molecule has 47 heavy (non-hydrogen) atoms. The summed E-state index contributed by atoms with van der Waals surface area (Å²) in [6.45, 7) is -1.98. The fourth-order valence-electron chi connectivity index (χ4n) is 2.78. The molecule has 250 valence electrons. The molecule has 0 saturated heterocycles. The van der Waals surface area contributed by atoms with Crippen molar-refractivity contribution in [2.45, 2.75) is 0 Å². The van der Waals surface area contributed by atoms with Crippen molar-refractivity contribution in [3.63, 3.8) is 0 Å². The van der Waals surface area contributed by atoms with E-state index in [1.807, 2.05) is 0 Å². The first-order valence-corrected chi connectivity index (χ1v) is 21.6. The minimum Gasteiger partial charge on any atom is 3.00 e. The van der Waals surface area contributed by atoms with Gasteiger partial charge in [0.25, 0.3) is 0 Å². The fourth-order valence-corrected chi connectivity index (χ4v) is 6.02. The van der Waals surface area contributed by atoms with Crippen LogP contribution in [-0.2, 0) is 25.6 Å². The fraction of sp³-hybridized carbons (Fsp3) is 0.125. The van der Waals surface area contributed by atoms with Gasteiger partial charge >= 0.3 is 317 Å². The molecule has 0 fully saturated rings. The monoisotopic (exact) mass is 1240 g/mol. The zero-order chi connectivity index (χ0) is 34.4. The van der Waals surface area contributed by atoms with Gasteiger partial charge in [0.15, 0.2) is 0 Å². The number of rotatable bonds is 9. The Hall–Kier alpha value is -1.45. The molecule has 3 rings (SSSR count). The number of aliphatic hydroxyl groups is 3. The summed E-state index contributed by atoms with van der Waals surface area (Å²) in [6.07, 6.45) is 0. The number of nitrogens with one attached hydrogen (secondary N) is 3. The quantitative estimate of drug-likeness (QED) is 0.108. The van der Waals surface area contributed by atoms with E-state index in [9.17, 15) is 50.2 Å². The summed E-state index contributed by atoms with van der Waals surface area (Å²) in [4.78, 5) is 32.2. The van der Waals surface area contributed by atoms with Crippen molar-refractivity contribution in [3.8, 4) is 0 Å². The van der Waals surface area contributed by atoms with Gasteiger partial charge in [0.1, 0.15) is 0 Å². The summed E-state index contributed by atoms with van der Waals surface area (Å²) >= 11 is -16.0. The molecular weight excluding hydrogens is 1210 g/mol. The minimum absolute atomic E-state index is 0. The molecule has 4 radical (unpaired) electrons. The van der Waals surface area contributed by atoms with Crippen molar-refractivity contribution in [2.24, 2.45) is 0 Å². The smallest absolute Gasteiger partial charge is 3.00 e. The Balaban J connectivity index is 0. The van der Waals surface area contributed by atoms with E-state index in [0.29, 0.717) is 17.1 Å². The largest absolute Gasteiger partial charge is 3.00 e. The average Bonchev–Trinajstić information content (AvgIpc) is 2.97. The van der Waals surface area contributed by atoms with Crippen LogP contribution in [0.1, 0.15) is 0 Å². The molecule has 0 aliphatic heterocycles. The van der Waals surface area contributed by atoms with Gasteiger partial charge < -0.3 is 0 Å². The van der Waals surface area contributed by atoms with E-state index in [2.05, 4.69) is 16.0 Å². The zero-order valence-corrected chi connectivity index (χ0v) is 36.1. The third-order valence-electron chi connectivity index (χ3n) is 4.83. The van der Waals surface area contributed by atoms with E-state index < -0.39 is 80.1 Å². The van der Waals surface area contributed by atoms with Crippen LogP contribution in [0.25, 0.3) is 0 Å². The first kappa shape index (κ1) is 47.7. The van der Waals surface area contributed by atoms with Crippen LogP contribution < -0.4 is 53.6 Å². The minimum atomic E-state index is -5.34. The Morgan fingerprint density at radius 2 is 0.617 bits per heavy atom. The van der Waals surface area contributed by atoms with Crippen LogP contribution >= 0.6 is 0 Å². The molecule has 0 aromatic heterocycles. The van der Waals surface area contributed by atoms with Crippen LogP contribution in [0.15, 0.2) is 72.8 Å². The van der Waals surface area contributed by atoms with Gasteiger partial charge in [-0.15, -0.1) is 0 Å². The van der Waals surface area contributed by atoms with E-state index in [0.717, 1.165) is 36.4 Å². The Kier molecular flexibility index (Phi) is 22.6. The second-order valence-electron chi connectivity index (χ2n) is 8.25. The maximum absolute atomic E-state index is 10.7. The molecule has 0 saturated carbocycles. The molecule has 0 spiro atoms. The summed E-state index contributed by atoms with van der Waals surface area (Å²) in [5.41, 5.74) is 0.963. The van der Waals surface area contributed by atoms with Gasteiger partial charge in [0.2, 0.25) is 0 Å². The van der Waals surface area contributed by atoms with Gasteiger partial charge in [-0.1, -0.05) is 0 Å². The van der Waals surface area contributed by atoms with Crippen LogP contribution in [0.3, 0.4) is 0 Å². The van der Waals surface area contributed by atoms with Gasteiger partial charge in [-0.05, 0) is 0 Å². The van der Waals surface area contributed by atoms with Gasteiger partial charge in [0, 0.05) is 0 Å². The number of benzene rings is 3. The predicted molar refractivity (Wildman–Crippen MR) is 156 cm³/mol. The van der Waals surface area contributed by atoms with Crippen molar-refractivity contribution in [1.82, 2.24) is 0 Å². The molecule has 0 atom stereocenters. The van der Waals surface area contributed by atoms with Crippen LogP contribution in [0.5, 0.6) is 0 Å². The predicted octanol–water partition coefficient (Wildman–Crippen LogP) is -10.0. The Labute approximate surface area is 313 Å². The molecular formula is C24H24As3Bi2N3O15. The van der Waals surface area contributed by atoms with Crippen molar-refractivity contribution in [1.29, 1.82) is 0 Å². The topological polar surface area (TPSA) is 338 Å². The third-order valence-corrected chi connectivity index (χ3v) is 10.7. The molecule has 0 aliphatic carbocycles. The van der Waals surface area contributed by atoms with Crippen LogP contribution in [0, 0.1) is 0 Å². The van der Waals surface area contributed by atoms with Crippen molar-refractivity contribution >= 4 is 143 Å². The average molecular weight is 1240 g/mol.